The summed E-state index contributed by atoms with van der Waals surface area (Å²) < 4.78 is 0. The van der Waals surface area contributed by atoms with Crippen molar-refractivity contribution >= 4 is 17.4 Å². The van der Waals surface area contributed by atoms with Crippen molar-refractivity contribution in [3.63, 3.8) is 0 Å². The molecule has 1 atom stereocenters. The van der Waals surface area contributed by atoms with Gasteiger partial charge >= 0.3 is 0 Å². The van der Waals surface area contributed by atoms with Gasteiger partial charge in [-0.3, -0.25) is 0 Å². The summed E-state index contributed by atoms with van der Waals surface area (Å²) in [4.78, 5) is 2.40. The molecule has 0 aliphatic carbocycles. The van der Waals surface area contributed by atoms with E-state index in [1.54, 1.807) is 0 Å². The summed E-state index contributed by atoms with van der Waals surface area (Å²) in [7, 11) is 2.19. The standard InChI is InChI=1S/C16H26N2S/c1-13-5-7-14(8-6-13)18(4)16(10-17)9-15(2,3)11-19-12-16/h5-8H,9-12,17H2,1-4H3. The van der Waals surface area contributed by atoms with E-state index < -0.39 is 0 Å². The molecule has 1 heterocycles. The number of rotatable bonds is 3. The molecule has 0 spiro atoms. The Hall–Kier alpha value is -0.670. The normalized spacial score (nSPS) is 26.2. The molecule has 2 N–H and O–H groups in total. The van der Waals surface area contributed by atoms with Gasteiger partial charge in [0.05, 0.1) is 5.54 Å². The molecule has 0 bridgehead atoms. The van der Waals surface area contributed by atoms with E-state index in [9.17, 15) is 0 Å². The lowest BCUT2D eigenvalue weighted by Crippen LogP contribution is -2.59. The van der Waals surface area contributed by atoms with Gasteiger partial charge in [-0.2, -0.15) is 11.8 Å². The van der Waals surface area contributed by atoms with Crippen LogP contribution < -0.4 is 10.6 Å². The Bertz CT molecular complexity index is 427. The summed E-state index contributed by atoms with van der Waals surface area (Å²) in [5.41, 5.74) is 9.20. The molecule has 1 fully saturated rings. The fraction of sp³-hybridized carbons (Fsp3) is 0.625. The lowest BCUT2D eigenvalue weighted by molar-refractivity contribution is 0.266. The highest BCUT2D eigenvalue weighted by molar-refractivity contribution is 7.99. The Balaban J connectivity index is 2.27. The fourth-order valence-electron chi connectivity index (χ4n) is 3.04. The molecule has 0 amide bonds. The third-order valence-corrected chi connectivity index (χ3v) is 5.91. The van der Waals surface area contributed by atoms with Gasteiger partial charge in [0, 0.05) is 25.0 Å². The minimum atomic E-state index is 0.0850. The monoisotopic (exact) mass is 278 g/mol. The van der Waals surface area contributed by atoms with E-state index in [4.69, 9.17) is 5.73 Å². The Morgan fingerprint density at radius 1 is 1.21 bits per heavy atom. The van der Waals surface area contributed by atoms with Crippen LogP contribution in [0.25, 0.3) is 0 Å². The average molecular weight is 278 g/mol. The van der Waals surface area contributed by atoms with Gasteiger partial charge in [0.2, 0.25) is 0 Å². The molecule has 0 saturated carbocycles. The second kappa shape index (κ2) is 5.37. The van der Waals surface area contributed by atoms with Gasteiger partial charge in [-0.25, -0.2) is 0 Å². The van der Waals surface area contributed by atoms with E-state index in [0.717, 1.165) is 12.2 Å². The van der Waals surface area contributed by atoms with Gasteiger partial charge < -0.3 is 10.6 Å². The summed E-state index contributed by atoms with van der Waals surface area (Å²) in [6, 6.07) is 8.77. The molecule has 1 aromatic rings. The van der Waals surface area contributed by atoms with E-state index in [2.05, 4.69) is 57.0 Å². The third-order valence-electron chi connectivity index (χ3n) is 4.18. The molecule has 2 nitrogen and oxygen atoms in total. The number of nitrogens with zero attached hydrogens (tertiary/aromatic N) is 1. The van der Waals surface area contributed by atoms with Crippen molar-refractivity contribution in [1.82, 2.24) is 0 Å². The van der Waals surface area contributed by atoms with Crippen molar-refractivity contribution in [2.45, 2.75) is 32.7 Å². The molecule has 2 rings (SSSR count). The van der Waals surface area contributed by atoms with Crippen molar-refractivity contribution in [3.8, 4) is 0 Å². The van der Waals surface area contributed by atoms with Crippen LogP contribution >= 0.6 is 11.8 Å². The summed E-state index contributed by atoms with van der Waals surface area (Å²) in [6.07, 6.45) is 1.16. The van der Waals surface area contributed by atoms with Gasteiger partial charge in [0.1, 0.15) is 0 Å². The van der Waals surface area contributed by atoms with Crippen molar-refractivity contribution < 1.29 is 0 Å². The van der Waals surface area contributed by atoms with Crippen LogP contribution in [0.2, 0.25) is 0 Å². The van der Waals surface area contributed by atoms with Crippen molar-refractivity contribution in [2.75, 3.05) is 30.0 Å². The molecule has 1 aromatic carbocycles. The molecule has 1 aliphatic heterocycles. The molecule has 1 saturated heterocycles. The fourth-order valence-corrected chi connectivity index (χ4v) is 4.59. The van der Waals surface area contributed by atoms with Crippen molar-refractivity contribution in [3.05, 3.63) is 29.8 Å². The Labute approximate surface area is 121 Å². The van der Waals surface area contributed by atoms with Gasteiger partial charge in [-0.1, -0.05) is 31.5 Å². The Morgan fingerprint density at radius 2 is 1.84 bits per heavy atom. The summed E-state index contributed by atoms with van der Waals surface area (Å²) in [5, 5.41) is 0. The first-order chi connectivity index (χ1) is 8.88. The lowest BCUT2D eigenvalue weighted by atomic mass is 9.78. The topological polar surface area (TPSA) is 29.3 Å². The van der Waals surface area contributed by atoms with Gasteiger partial charge in [-0.05, 0) is 36.6 Å². The Morgan fingerprint density at radius 3 is 2.37 bits per heavy atom. The molecule has 19 heavy (non-hydrogen) atoms. The number of hydrogen-bond acceptors (Lipinski definition) is 3. The first kappa shape index (κ1) is 14.7. The van der Waals surface area contributed by atoms with E-state index >= 15 is 0 Å². The maximum atomic E-state index is 6.17. The average Bonchev–Trinajstić information content (AvgIpc) is 2.37. The zero-order valence-corrected chi connectivity index (χ0v) is 13.4. The predicted molar refractivity (Wildman–Crippen MR) is 87.1 cm³/mol. The number of anilines is 1. The Kier molecular flexibility index (Phi) is 4.17. The van der Waals surface area contributed by atoms with Gasteiger partial charge in [-0.15, -0.1) is 0 Å². The van der Waals surface area contributed by atoms with E-state index in [-0.39, 0.29) is 5.54 Å². The van der Waals surface area contributed by atoms with Crippen LogP contribution in [0.1, 0.15) is 25.8 Å². The van der Waals surface area contributed by atoms with Gasteiger partial charge in [0.25, 0.3) is 0 Å². The predicted octanol–water partition coefficient (Wildman–Crippen LogP) is 3.29. The minimum Gasteiger partial charge on any atom is -0.367 e. The number of nitrogens with two attached hydrogens (primary N) is 1. The quantitative estimate of drug-likeness (QED) is 0.920. The van der Waals surface area contributed by atoms with E-state index in [1.165, 1.54) is 17.0 Å². The van der Waals surface area contributed by atoms with Crippen LogP contribution in [0.3, 0.4) is 0 Å². The summed E-state index contributed by atoms with van der Waals surface area (Å²) in [6.45, 7) is 7.55. The number of hydrogen-bond donors (Lipinski definition) is 1. The summed E-state index contributed by atoms with van der Waals surface area (Å²) in [5.74, 6) is 2.35. The highest BCUT2D eigenvalue weighted by atomic mass is 32.2. The van der Waals surface area contributed by atoms with Crippen LogP contribution in [-0.2, 0) is 0 Å². The first-order valence-corrected chi connectivity index (χ1v) is 8.12. The maximum Gasteiger partial charge on any atom is 0.0616 e. The second-order valence-electron chi connectivity index (χ2n) is 6.66. The molecule has 106 valence electrons. The smallest absolute Gasteiger partial charge is 0.0616 e. The van der Waals surface area contributed by atoms with Crippen molar-refractivity contribution in [2.24, 2.45) is 11.1 Å². The van der Waals surface area contributed by atoms with E-state index in [1.807, 2.05) is 11.8 Å². The number of thioether (sulfide) groups is 1. The van der Waals surface area contributed by atoms with Gasteiger partial charge in [0.15, 0.2) is 0 Å². The number of aryl methyl sites for hydroxylation is 1. The van der Waals surface area contributed by atoms with Crippen LogP contribution in [0.4, 0.5) is 5.69 Å². The zero-order valence-electron chi connectivity index (χ0n) is 12.6. The zero-order chi connectivity index (χ0) is 14.1. The molecule has 1 unspecified atom stereocenters. The molecule has 3 heteroatoms. The largest absolute Gasteiger partial charge is 0.367 e. The SMILES string of the molecule is Cc1ccc(N(C)C2(CN)CSCC(C)(C)C2)cc1. The molecule has 0 radical (unpaired) electrons. The van der Waals surface area contributed by atoms with E-state index in [0.29, 0.717) is 12.0 Å². The van der Waals surface area contributed by atoms with Crippen LogP contribution in [-0.4, -0.2) is 30.6 Å². The lowest BCUT2D eigenvalue weighted by Gasteiger charge is -2.50. The molecule has 1 aliphatic rings. The minimum absolute atomic E-state index is 0.0850. The second-order valence-corrected chi connectivity index (χ2v) is 7.64. The third kappa shape index (κ3) is 3.09. The first-order valence-electron chi connectivity index (χ1n) is 6.97. The summed E-state index contributed by atoms with van der Waals surface area (Å²) >= 11 is 2.04. The molecular formula is C16H26N2S. The van der Waals surface area contributed by atoms with Crippen molar-refractivity contribution in [1.29, 1.82) is 0 Å². The number of likely N-dealkylation sites (N-methyl/N-ethyl adjacent to an activating group) is 1. The van der Waals surface area contributed by atoms with Crippen LogP contribution in [0.5, 0.6) is 0 Å². The van der Waals surface area contributed by atoms with Crippen LogP contribution in [0, 0.1) is 12.3 Å². The highest BCUT2D eigenvalue weighted by Gasteiger charge is 2.42. The van der Waals surface area contributed by atoms with Crippen LogP contribution in [0.15, 0.2) is 24.3 Å². The number of benzene rings is 1. The maximum absolute atomic E-state index is 6.17. The highest BCUT2D eigenvalue weighted by Crippen LogP contribution is 2.42. The molecule has 0 aromatic heterocycles. The molecular weight excluding hydrogens is 252 g/mol.